The lowest BCUT2D eigenvalue weighted by atomic mass is 10.1. The smallest absolute Gasteiger partial charge is 0.410 e. The molecule has 0 saturated carbocycles. The van der Waals surface area contributed by atoms with Gasteiger partial charge in [-0.05, 0) is 25.8 Å². The SMILES string of the molecule is COCCCN1C(C)CN(C(=O)OCc2ccccc2)CC1C. The Bertz CT molecular complexity index is 468. The van der Waals surface area contributed by atoms with Crippen molar-refractivity contribution >= 4 is 6.09 Å². The molecule has 1 aliphatic rings. The molecule has 0 aliphatic carbocycles. The molecule has 1 saturated heterocycles. The highest BCUT2D eigenvalue weighted by molar-refractivity contribution is 5.68. The van der Waals surface area contributed by atoms with Gasteiger partial charge in [-0.2, -0.15) is 0 Å². The first kappa shape index (κ1) is 17.8. The fourth-order valence-electron chi connectivity index (χ4n) is 3.15. The van der Waals surface area contributed by atoms with Crippen molar-refractivity contribution in [3.8, 4) is 0 Å². The van der Waals surface area contributed by atoms with Crippen LogP contribution in [0.15, 0.2) is 30.3 Å². The summed E-state index contributed by atoms with van der Waals surface area (Å²) in [5.41, 5.74) is 1.01. The predicted molar refractivity (Wildman–Crippen MR) is 90.3 cm³/mol. The highest BCUT2D eigenvalue weighted by atomic mass is 16.6. The summed E-state index contributed by atoms with van der Waals surface area (Å²) in [6, 6.07) is 10.5. The van der Waals surface area contributed by atoms with Gasteiger partial charge >= 0.3 is 6.09 Å². The lowest BCUT2D eigenvalue weighted by Crippen LogP contribution is -2.58. The van der Waals surface area contributed by atoms with Crippen LogP contribution in [0.1, 0.15) is 25.8 Å². The Kier molecular flexibility index (Phi) is 6.86. The van der Waals surface area contributed by atoms with Crippen LogP contribution in [0.25, 0.3) is 0 Å². The number of hydrogen-bond acceptors (Lipinski definition) is 4. The average Bonchev–Trinajstić information content (AvgIpc) is 2.56. The number of methoxy groups -OCH3 is 1. The van der Waals surface area contributed by atoms with Crippen molar-refractivity contribution in [3.05, 3.63) is 35.9 Å². The van der Waals surface area contributed by atoms with E-state index in [4.69, 9.17) is 9.47 Å². The minimum absolute atomic E-state index is 0.218. The van der Waals surface area contributed by atoms with E-state index in [1.54, 1.807) is 7.11 Å². The molecule has 1 aromatic rings. The van der Waals surface area contributed by atoms with Gasteiger partial charge in [0.2, 0.25) is 0 Å². The van der Waals surface area contributed by atoms with Crippen LogP contribution < -0.4 is 0 Å². The number of rotatable bonds is 6. The van der Waals surface area contributed by atoms with Crippen molar-refractivity contribution in [1.29, 1.82) is 0 Å². The van der Waals surface area contributed by atoms with Crippen LogP contribution in [-0.4, -0.2) is 61.3 Å². The predicted octanol–water partition coefficient (Wildman–Crippen LogP) is 2.75. The van der Waals surface area contributed by atoms with Crippen molar-refractivity contribution in [1.82, 2.24) is 9.80 Å². The molecule has 128 valence electrons. The second-order valence-electron chi connectivity index (χ2n) is 6.23. The van der Waals surface area contributed by atoms with Crippen molar-refractivity contribution in [2.45, 2.75) is 39.0 Å². The monoisotopic (exact) mass is 320 g/mol. The molecule has 0 spiro atoms. The Morgan fingerprint density at radius 2 is 1.83 bits per heavy atom. The Morgan fingerprint density at radius 3 is 2.43 bits per heavy atom. The number of benzene rings is 1. The van der Waals surface area contributed by atoms with E-state index in [2.05, 4.69) is 18.7 Å². The van der Waals surface area contributed by atoms with Crippen molar-refractivity contribution in [2.24, 2.45) is 0 Å². The molecule has 1 amide bonds. The van der Waals surface area contributed by atoms with E-state index in [1.807, 2.05) is 35.2 Å². The zero-order chi connectivity index (χ0) is 16.7. The van der Waals surface area contributed by atoms with Crippen LogP contribution in [0, 0.1) is 0 Å². The van der Waals surface area contributed by atoms with Gasteiger partial charge in [-0.25, -0.2) is 4.79 Å². The minimum Gasteiger partial charge on any atom is -0.445 e. The molecule has 1 aliphatic heterocycles. The van der Waals surface area contributed by atoms with Crippen LogP contribution in [0.5, 0.6) is 0 Å². The molecule has 2 atom stereocenters. The molecule has 5 nitrogen and oxygen atoms in total. The van der Waals surface area contributed by atoms with E-state index in [-0.39, 0.29) is 6.09 Å². The third-order valence-corrected chi connectivity index (χ3v) is 4.33. The largest absolute Gasteiger partial charge is 0.445 e. The first-order valence-corrected chi connectivity index (χ1v) is 8.32. The van der Waals surface area contributed by atoms with Gasteiger partial charge in [0.15, 0.2) is 0 Å². The molecule has 0 radical (unpaired) electrons. The van der Waals surface area contributed by atoms with Gasteiger partial charge in [-0.3, -0.25) is 4.90 Å². The minimum atomic E-state index is -0.218. The van der Waals surface area contributed by atoms with Gasteiger partial charge in [0.05, 0.1) is 0 Å². The maximum absolute atomic E-state index is 12.3. The molecule has 5 heteroatoms. The molecule has 23 heavy (non-hydrogen) atoms. The van der Waals surface area contributed by atoms with Crippen LogP contribution in [0.4, 0.5) is 4.79 Å². The maximum Gasteiger partial charge on any atom is 0.410 e. The molecule has 0 aromatic heterocycles. The van der Waals surface area contributed by atoms with Crippen molar-refractivity contribution in [2.75, 3.05) is 33.4 Å². The number of nitrogens with zero attached hydrogens (tertiary/aromatic N) is 2. The fraction of sp³-hybridized carbons (Fsp3) is 0.611. The zero-order valence-corrected chi connectivity index (χ0v) is 14.4. The third kappa shape index (κ3) is 5.22. The molecule has 0 N–H and O–H groups in total. The van der Waals surface area contributed by atoms with Gasteiger partial charge < -0.3 is 14.4 Å². The van der Waals surface area contributed by atoms with Crippen molar-refractivity contribution < 1.29 is 14.3 Å². The van der Waals surface area contributed by atoms with E-state index in [1.165, 1.54) is 0 Å². The van der Waals surface area contributed by atoms with E-state index in [9.17, 15) is 4.79 Å². The van der Waals surface area contributed by atoms with Crippen LogP contribution in [0.3, 0.4) is 0 Å². The first-order chi connectivity index (χ1) is 11.1. The summed E-state index contributed by atoms with van der Waals surface area (Å²) in [5, 5.41) is 0. The third-order valence-electron chi connectivity index (χ3n) is 4.33. The second kappa shape index (κ2) is 8.89. The van der Waals surface area contributed by atoms with E-state index in [0.29, 0.717) is 31.8 Å². The molecular formula is C18H28N2O3. The van der Waals surface area contributed by atoms with Gasteiger partial charge in [-0.15, -0.1) is 0 Å². The molecule has 0 bridgehead atoms. The summed E-state index contributed by atoms with van der Waals surface area (Å²) in [4.78, 5) is 16.6. The second-order valence-corrected chi connectivity index (χ2v) is 6.23. The molecule has 1 fully saturated rings. The average molecular weight is 320 g/mol. The number of amides is 1. The van der Waals surface area contributed by atoms with E-state index >= 15 is 0 Å². The summed E-state index contributed by atoms with van der Waals surface area (Å²) in [7, 11) is 1.73. The topological polar surface area (TPSA) is 42.0 Å². The van der Waals surface area contributed by atoms with Crippen molar-refractivity contribution in [3.63, 3.8) is 0 Å². The summed E-state index contributed by atoms with van der Waals surface area (Å²) in [6.45, 7) is 7.87. The lowest BCUT2D eigenvalue weighted by molar-refractivity contribution is 0.0213. The van der Waals surface area contributed by atoms with Crippen LogP contribution in [-0.2, 0) is 16.1 Å². The molecule has 2 unspecified atom stereocenters. The Balaban J connectivity index is 1.81. The number of carbonyl (C=O) groups is 1. The summed E-state index contributed by atoms with van der Waals surface area (Å²) < 4.78 is 10.6. The maximum atomic E-state index is 12.3. The summed E-state index contributed by atoms with van der Waals surface area (Å²) in [6.07, 6.45) is 0.799. The number of piperazine rings is 1. The van der Waals surface area contributed by atoms with Crippen LogP contribution in [0.2, 0.25) is 0 Å². The normalized spacial score (nSPS) is 22.1. The van der Waals surface area contributed by atoms with Gasteiger partial charge in [-0.1, -0.05) is 30.3 Å². The first-order valence-electron chi connectivity index (χ1n) is 8.32. The highest BCUT2D eigenvalue weighted by Gasteiger charge is 2.32. The number of hydrogen-bond donors (Lipinski definition) is 0. The van der Waals surface area contributed by atoms with E-state index < -0.39 is 0 Å². The van der Waals surface area contributed by atoms with Crippen LogP contribution >= 0.6 is 0 Å². The van der Waals surface area contributed by atoms with Gasteiger partial charge in [0.25, 0.3) is 0 Å². The number of carbonyl (C=O) groups excluding carboxylic acids is 1. The summed E-state index contributed by atoms with van der Waals surface area (Å²) in [5.74, 6) is 0. The standard InChI is InChI=1S/C18H28N2O3/c1-15-12-19(13-16(2)20(15)10-7-11-22-3)18(21)23-14-17-8-5-4-6-9-17/h4-6,8-9,15-16H,7,10-14H2,1-3H3. The quantitative estimate of drug-likeness (QED) is 0.756. The summed E-state index contributed by atoms with van der Waals surface area (Å²) >= 11 is 0. The molecule has 2 rings (SSSR count). The lowest BCUT2D eigenvalue weighted by Gasteiger charge is -2.44. The Labute approximate surface area is 139 Å². The zero-order valence-electron chi connectivity index (χ0n) is 14.4. The van der Waals surface area contributed by atoms with E-state index in [0.717, 1.165) is 25.1 Å². The fourth-order valence-corrected chi connectivity index (χ4v) is 3.15. The molecular weight excluding hydrogens is 292 g/mol. The Hall–Kier alpha value is -1.59. The van der Waals surface area contributed by atoms with Gasteiger partial charge in [0.1, 0.15) is 6.61 Å². The molecule has 1 heterocycles. The number of ether oxygens (including phenoxy) is 2. The Morgan fingerprint density at radius 1 is 1.17 bits per heavy atom. The van der Waals surface area contributed by atoms with Gasteiger partial charge in [0, 0.05) is 45.4 Å². The molecule has 1 aromatic carbocycles. The highest BCUT2D eigenvalue weighted by Crippen LogP contribution is 2.17.